The van der Waals surface area contributed by atoms with E-state index in [4.69, 9.17) is 5.84 Å². The van der Waals surface area contributed by atoms with Gasteiger partial charge < -0.3 is 0 Å². The number of hydrogen-bond donors (Lipinski definition) is 2. The van der Waals surface area contributed by atoms with Crippen LogP contribution in [0.15, 0.2) is 18.2 Å². The maximum absolute atomic E-state index is 13.1. The van der Waals surface area contributed by atoms with Crippen LogP contribution in [-0.4, -0.2) is 6.43 Å². The Bertz CT molecular complexity index is 390. The third kappa shape index (κ3) is 3.10. The van der Waals surface area contributed by atoms with E-state index in [0.29, 0.717) is 12.1 Å². The second kappa shape index (κ2) is 4.92. The lowest BCUT2D eigenvalue weighted by Gasteiger charge is -2.16. The van der Waals surface area contributed by atoms with Gasteiger partial charge in [0.25, 0.3) is 6.43 Å². The van der Waals surface area contributed by atoms with Crippen molar-refractivity contribution < 1.29 is 26.3 Å². The zero-order chi connectivity index (χ0) is 13.2. The standard InChI is InChI=1S/C9H8F6N2/c10-6-3-4(7(17-16)8(11)12)1-2-5(6)9(13,14)15/h1-3,7-8,17H,16H2. The largest absolute Gasteiger partial charge is 0.419 e. The van der Waals surface area contributed by atoms with Crippen molar-refractivity contribution in [3.05, 3.63) is 35.1 Å². The van der Waals surface area contributed by atoms with E-state index in [1.54, 1.807) is 5.43 Å². The Hall–Kier alpha value is -1.28. The fraction of sp³-hybridized carbons (Fsp3) is 0.333. The molecule has 0 bridgehead atoms. The predicted octanol–water partition coefficient (Wildman–Crippen LogP) is 2.61. The van der Waals surface area contributed by atoms with Crippen molar-refractivity contribution in [3.63, 3.8) is 0 Å². The topological polar surface area (TPSA) is 38.0 Å². The van der Waals surface area contributed by atoms with Crippen LogP contribution >= 0.6 is 0 Å². The monoisotopic (exact) mass is 258 g/mol. The SMILES string of the molecule is NNC(c1ccc(C(F)(F)F)c(F)c1)C(F)F. The first-order chi connectivity index (χ1) is 7.77. The summed E-state index contributed by atoms with van der Waals surface area (Å²) in [7, 11) is 0. The Morgan fingerprint density at radius 3 is 2.12 bits per heavy atom. The van der Waals surface area contributed by atoms with Gasteiger partial charge in [-0.05, 0) is 17.7 Å². The summed E-state index contributed by atoms with van der Waals surface area (Å²) in [6.45, 7) is 0. The third-order valence-corrected chi connectivity index (χ3v) is 2.09. The van der Waals surface area contributed by atoms with E-state index in [1.807, 2.05) is 0 Å². The van der Waals surface area contributed by atoms with Gasteiger partial charge in [-0.1, -0.05) is 6.07 Å². The van der Waals surface area contributed by atoms with Crippen LogP contribution < -0.4 is 11.3 Å². The predicted molar refractivity (Wildman–Crippen MR) is 47.5 cm³/mol. The van der Waals surface area contributed by atoms with Gasteiger partial charge in [0.1, 0.15) is 11.9 Å². The molecular formula is C9H8F6N2. The average Bonchev–Trinajstić information content (AvgIpc) is 2.15. The second-order valence-corrected chi connectivity index (χ2v) is 3.22. The van der Waals surface area contributed by atoms with E-state index in [0.717, 1.165) is 6.07 Å². The molecule has 0 heterocycles. The molecule has 8 heteroatoms. The molecule has 0 aliphatic heterocycles. The molecule has 1 atom stereocenters. The number of alkyl halides is 5. The Morgan fingerprint density at radius 2 is 1.76 bits per heavy atom. The van der Waals surface area contributed by atoms with E-state index in [2.05, 4.69) is 0 Å². The average molecular weight is 258 g/mol. The molecule has 96 valence electrons. The zero-order valence-corrected chi connectivity index (χ0v) is 8.23. The number of hydrogen-bond acceptors (Lipinski definition) is 2. The highest BCUT2D eigenvalue weighted by atomic mass is 19.4. The second-order valence-electron chi connectivity index (χ2n) is 3.22. The molecule has 1 rings (SSSR count). The number of nitrogens with two attached hydrogens (primary N) is 1. The van der Waals surface area contributed by atoms with Crippen molar-refractivity contribution in [2.75, 3.05) is 0 Å². The zero-order valence-electron chi connectivity index (χ0n) is 8.23. The summed E-state index contributed by atoms with van der Waals surface area (Å²) in [5.74, 6) is 3.19. The molecule has 0 aromatic heterocycles. The summed E-state index contributed by atoms with van der Waals surface area (Å²) in [6.07, 6.45) is -7.82. The van der Waals surface area contributed by atoms with Gasteiger partial charge in [-0.3, -0.25) is 5.84 Å². The summed E-state index contributed by atoms with van der Waals surface area (Å²) in [6, 6.07) is -0.175. The lowest BCUT2D eigenvalue weighted by molar-refractivity contribution is -0.140. The van der Waals surface area contributed by atoms with Crippen LogP contribution in [0.4, 0.5) is 26.3 Å². The van der Waals surface area contributed by atoms with Crippen LogP contribution in [0.1, 0.15) is 17.2 Å². The lowest BCUT2D eigenvalue weighted by atomic mass is 10.0. The van der Waals surface area contributed by atoms with E-state index >= 15 is 0 Å². The van der Waals surface area contributed by atoms with Gasteiger partial charge in [0, 0.05) is 0 Å². The van der Waals surface area contributed by atoms with Gasteiger partial charge >= 0.3 is 6.18 Å². The van der Waals surface area contributed by atoms with Crippen LogP contribution in [0.3, 0.4) is 0 Å². The van der Waals surface area contributed by atoms with Crippen molar-refractivity contribution in [1.82, 2.24) is 5.43 Å². The minimum atomic E-state index is -4.86. The first-order valence-electron chi connectivity index (χ1n) is 4.38. The summed E-state index contributed by atoms with van der Waals surface area (Å²) in [4.78, 5) is 0. The van der Waals surface area contributed by atoms with Gasteiger partial charge in [0.2, 0.25) is 0 Å². The molecule has 0 fully saturated rings. The van der Waals surface area contributed by atoms with Crippen molar-refractivity contribution in [2.45, 2.75) is 18.6 Å². The first kappa shape index (κ1) is 13.8. The molecule has 0 aliphatic carbocycles. The molecule has 1 unspecified atom stereocenters. The molecule has 17 heavy (non-hydrogen) atoms. The minimum Gasteiger partial charge on any atom is -0.271 e. The van der Waals surface area contributed by atoms with E-state index in [-0.39, 0.29) is 5.56 Å². The first-order valence-corrected chi connectivity index (χ1v) is 4.38. The molecule has 1 aromatic carbocycles. The molecule has 0 spiro atoms. The lowest BCUT2D eigenvalue weighted by Crippen LogP contribution is -2.33. The molecule has 0 saturated carbocycles. The fourth-order valence-corrected chi connectivity index (χ4v) is 1.27. The highest BCUT2D eigenvalue weighted by molar-refractivity contribution is 5.28. The van der Waals surface area contributed by atoms with Gasteiger partial charge in [0.15, 0.2) is 0 Å². The highest BCUT2D eigenvalue weighted by Crippen LogP contribution is 2.33. The Kier molecular flexibility index (Phi) is 3.99. The molecule has 0 radical (unpaired) electrons. The molecule has 1 aromatic rings. The number of benzene rings is 1. The molecule has 2 nitrogen and oxygen atoms in total. The van der Waals surface area contributed by atoms with Crippen molar-refractivity contribution in [1.29, 1.82) is 0 Å². The van der Waals surface area contributed by atoms with Crippen molar-refractivity contribution in [2.24, 2.45) is 5.84 Å². The summed E-state index contributed by atoms with van der Waals surface area (Å²) >= 11 is 0. The van der Waals surface area contributed by atoms with Gasteiger partial charge in [-0.15, -0.1) is 0 Å². The Morgan fingerprint density at radius 1 is 1.18 bits per heavy atom. The van der Waals surface area contributed by atoms with Gasteiger partial charge in [-0.25, -0.2) is 18.6 Å². The van der Waals surface area contributed by atoms with Crippen LogP contribution in [-0.2, 0) is 6.18 Å². The Labute approximate surface area is 92.4 Å². The molecule has 0 saturated heterocycles. The maximum atomic E-state index is 13.1. The van der Waals surface area contributed by atoms with E-state index in [9.17, 15) is 26.3 Å². The summed E-state index contributed by atoms with van der Waals surface area (Å²) < 4.78 is 74.4. The number of halogens is 6. The summed E-state index contributed by atoms with van der Waals surface area (Å²) in [5, 5.41) is 0. The van der Waals surface area contributed by atoms with Crippen LogP contribution in [0, 0.1) is 5.82 Å². The maximum Gasteiger partial charge on any atom is 0.419 e. The minimum absolute atomic E-state index is 0.354. The molecule has 0 aliphatic rings. The number of nitrogens with one attached hydrogen (secondary N) is 1. The molecule has 0 amide bonds. The van der Waals surface area contributed by atoms with Crippen LogP contribution in [0.25, 0.3) is 0 Å². The van der Waals surface area contributed by atoms with Crippen LogP contribution in [0.5, 0.6) is 0 Å². The number of hydrazine groups is 1. The fourth-order valence-electron chi connectivity index (χ4n) is 1.27. The highest BCUT2D eigenvalue weighted by Gasteiger charge is 2.34. The smallest absolute Gasteiger partial charge is 0.271 e. The van der Waals surface area contributed by atoms with Crippen molar-refractivity contribution in [3.8, 4) is 0 Å². The Balaban J connectivity index is 3.12. The van der Waals surface area contributed by atoms with Gasteiger partial charge in [0.05, 0.1) is 5.56 Å². The summed E-state index contributed by atoms with van der Waals surface area (Å²) in [5.41, 5.74) is -0.156. The van der Waals surface area contributed by atoms with E-state index < -0.39 is 30.0 Å². The quantitative estimate of drug-likeness (QED) is 0.497. The normalized spacial score (nSPS) is 14.1. The third-order valence-electron chi connectivity index (χ3n) is 2.09. The van der Waals surface area contributed by atoms with E-state index in [1.165, 1.54) is 0 Å². The van der Waals surface area contributed by atoms with Crippen molar-refractivity contribution >= 4 is 0 Å². The number of rotatable bonds is 3. The molecule has 3 N–H and O–H groups in total. The van der Waals surface area contributed by atoms with Crippen LogP contribution in [0.2, 0.25) is 0 Å². The molecular weight excluding hydrogens is 250 g/mol. The van der Waals surface area contributed by atoms with Gasteiger partial charge in [-0.2, -0.15) is 13.2 Å².